The molecule has 0 atom stereocenters. The largest absolute Gasteiger partial charge is 0.396 e. The van der Waals surface area contributed by atoms with E-state index in [1.165, 1.54) is 0 Å². The van der Waals surface area contributed by atoms with Crippen LogP contribution >= 0.6 is 0 Å². The van der Waals surface area contributed by atoms with Crippen LogP contribution in [0, 0.1) is 0 Å². The molecule has 0 fully saturated rings. The maximum absolute atomic E-state index is 12.5. The molecule has 100 valence electrons. The van der Waals surface area contributed by atoms with Crippen LogP contribution in [0.25, 0.3) is 0 Å². The summed E-state index contributed by atoms with van der Waals surface area (Å²) in [5.74, 6) is -1.04. The third-order valence-electron chi connectivity index (χ3n) is 3.73. The highest BCUT2D eigenvalue weighted by Gasteiger charge is 2.39. The molecule has 3 nitrogen and oxygen atoms in total. The minimum atomic E-state index is -0.754. The summed E-state index contributed by atoms with van der Waals surface area (Å²) >= 11 is 0. The summed E-state index contributed by atoms with van der Waals surface area (Å²) in [6.45, 7) is -0.000930. The third kappa shape index (κ3) is 1.87. The average molecular weight is 266 g/mol. The standard InChI is InChI=1S/C17H14O3/c18-10-9-11-5-1-2-6-12(11)15-16(19)13-7-3-4-8-14(13)17(15)20/h1-8,15,18H,9-10H2. The summed E-state index contributed by atoms with van der Waals surface area (Å²) < 4.78 is 0. The zero-order valence-corrected chi connectivity index (χ0v) is 10.9. The first-order valence-corrected chi connectivity index (χ1v) is 6.60. The molecule has 0 bridgehead atoms. The van der Waals surface area contributed by atoms with E-state index in [0.29, 0.717) is 23.1 Å². The molecular formula is C17H14O3. The number of fused-ring (bicyclic) bond motifs is 1. The van der Waals surface area contributed by atoms with Crippen LogP contribution in [-0.4, -0.2) is 23.3 Å². The predicted molar refractivity (Wildman–Crippen MR) is 75.1 cm³/mol. The molecule has 0 saturated heterocycles. The van der Waals surface area contributed by atoms with E-state index < -0.39 is 5.92 Å². The molecule has 20 heavy (non-hydrogen) atoms. The van der Waals surface area contributed by atoms with Crippen LogP contribution in [-0.2, 0) is 6.42 Å². The SMILES string of the molecule is O=C1c2ccccc2C(=O)C1c1ccccc1CCO. The fourth-order valence-electron chi connectivity index (χ4n) is 2.79. The fourth-order valence-corrected chi connectivity index (χ4v) is 2.79. The highest BCUT2D eigenvalue weighted by atomic mass is 16.3. The van der Waals surface area contributed by atoms with E-state index in [0.717, 1.165) is 5.56 Å². The van der Waals surface area contributed by atoms with E-state index >= 15 is 0 Å². The van der Waals surface area contributed by atoms with E-state index in [2.05, 4.69) is 0 Å². The number of aliphatic hydroxyl groups is 1. The highest BCUT2D eigenvalue weighted by Crippen LogP contribution is 2.35. The number of hydrogen-bond donors (Lipinski definition) is 1. The van der Waals surface area contributed by atoms with Gasteiger partial charge in [-0.15, -0.1) is 0 Å². The topological polar surface area (TPSA) is 54.4 Å². The Hall–Kier alpha value is -2.26. The second-order valence-electron chi connectivity index (χ2n) is 4.88. The van der Waals surface area contributed by atoms with Crippen molar-refractivity contribution in [1.82, 2.24) is 0 Å². The number of hydrogen-bond acceptors (Lipinski definition) is 3. The molecule has 0 amide bonds. The summed E-state index contributed by atoms with van der Waals surface area (Å²) in [5, 5.41) is 9.12. The molecule has 3 rings (SSSR count). The summed E-state index contributed by atoms with van der Waals surface area (Å²) in [6.07, 6.45) is 0.448. The van der Waals surface area contributed by atoms with Crippen LogP contribution in [0.3, 0.4) is 0 Å². The number of ketones is 2. The second-order valence-corrected chi connectivity index (χ2v) is 4.88. The van der Waals surface area contributed by atoms with Crippen LogP contribution in [0.4, 0.5) is 0 Å². The van der Waals surface area contributed by atoms with Crippen molar-refractivity contribution in [2.45, 2.75) is 12.3 Å². The second kappa shape index (κ2) is 5.02. The molecular weight excluding hydrogens is 252 g/mol. The Morgan fingerprint density at radius 3 is 2.00 bits per heavy atom. The Kier molecular flexibility index (Phi) is 3.20. The smallest absolute Gasteiger partial charge is 0.178 e. The van der Waals surface area contributed by atoms with Gasteiger partial charge < -0.3 is 5.11 Å². The monoisotopic (exact) mass is 266 g/mol. The Balaban J connectivity index is 2.10. The Labute approximate surface area is 116 Å². The molecule has 2 aromatic rings. The molecule has 0 unspecified atom stereocenters. The lowest BCUT2D eigenvalue weighted by Gasteiger charge is -2.12. The van der Waals surface area contributed by atoms with Crippen molar-refractivity contribution in [2.24, 2.45) is 0 Å². The van der Waals surface area contributed by atoms with E-state index in [-0.39, 0.29) is 18.2 Å². The van der Waals surface area contributed by atoms with Gasteiger partial charge in [0.25, 0.3) is 0 Å². The van der Waals surface area contributed by atoms with Gasteiger partial charge in [-0.1, -0.05) is 48.5 Å². The fraction of sp³-hybridized carbons (Fsp3) is 0.176. The van der Waals surface area contributed by atoms with Gasteiger partial charge in [-0.3, -0.25) is 9.59 Å². The van der Waals surface area contributed by atoms with Crippen molar-refractivity contribution in [1.29, 1.82) is 0 Å². The molecule has 1 aliphatic carbocycles. The minimum Gasteiger partial charge on any atom is -0.396 e. The molecule has 0 heterocycles. The molecule has 3 heteroatoms. The molecule has 0 radical (unpaired) electrons. The van der Waals surface area contributed by atoms with Gasteiger partial charge in [0.05, 0.1) is 0 Å². The Morgan fingerprint density at radius 1 is 0.850 bits per heavy atom. The predicted octanol–water partition coefficient (Wildman–Crippen LogP) is 2.38. The van der Waals surface area contributed by atoms with E-state index in [1.54, 1.807) is 30.3 Å². The zero-order chi connectivity index (χ0) is 14.1. The van der Waals surface area contributed by atoms with Crippen LogP contribution in [0.15, 0.2) is 48.5 Å². The summed E-state index contributed by atoms with van der Waals surface area (Å²) in [4.78, 5) is 25.0. The molecule has 1 N–H and O–H groups in total. The van der Waals surface area contributed by atoms with Crippen molar-refractivity contribution in [3.05, 3.63) is 70.8 Å². The highest BCUT2D eigenvalue weighted by molar-refractivity contribution is 6.29. The molecule has 1 aliphatic rings. The van der Waals surface area contributed by atoms with Crippen LogP contribution < -0.4 is 0 Å². The van der Waals surface area contributed by atoms with Gasteiger partial charge in [0.1, 0.15) is 5.92 Å². The molecule has 0 saturated carbocycles. The van der Waals surface area contributed by atoms with Gasteiger partial charge in [-0.2, -0.15) is 0 Å². The van der Waals surface area contributed by atoms with E-state index in [4.69, 9.17) is 5.11 Å². The van der Waals surface area contributed by atoms with Gasteiger partial charge in [0.15, 0.2) is 11.6 Å². The lowest BCUT2D eigenvalue weighted by atomic mass is 9.89. The number of aliphatic hydroxyl groups excluding tert-OH is 1. The molecule has 2 aromatic carbocycles. The van der Waals surface area contributed by atoms with Gasteiger partial charge in [-0.25, -0.2) is 0 Å². The first kappa shape index (κ1) is 12.8. The normalized spacial score (nSPS) is 14.7. The summed E-state index contributed by atoms with van der Waals surface area (Å²) in [7, 11) is 0. The lowest BCUT2D eigenvalue weighted by Crippen LogP contribution is -2.15. The first-order chi connectivity index (χ1) is 9.74. The number of rotatable bonds is 3. The van der Waals surface area contributed by atoms with E-state index in [9.17, 15) is 9.59 Å². The summed E-state index contributed by atoms with van der Waals surface area (Å²) in [5.41, 5.74) is 2.57. The number of carbonyl (C=O) groups is 2. The lowest BCUT2D eigenvalue weighted by molar-refractivity contribution is 0.0889. The van der Waals surface area contributed by atoms with Crippen molar-refractivity contribution in [2.75, 3.05) is 6.61 Å². The third-order valence-corrected chi connectivity index (χ3v) is 3.73. The Morgan fingerprint density at radius 2 is 1.40 bits per heavy atom. The zero-order valence-electron chi connectivity index (χ0n) is 10.9. The van der Waals surface area contributed by atoms with Crippen LogP contribution in [0.2, 0.25) is 0 Å². The molecule has 0 aromatic heterocycles. The van der Waals surface area contributed by atoms with E-state index in [1.807, 2.05) is 18.2 Å². The summed E-state index contributed by atoms with van der Waals surface area (Å²) in [6, 6.07) is 14.3. The van der Waals surface area contributed by atoms with Gasteiger partial charge in [0.2, 0.25) is 0 Å². The number of Topliss-reactive ketones (excluding diaryl/α,β-unsaturated/α-hetero) is 2. The average Bonchev–Trinajstić information content (AvgIpc) is 2.73. The maximum atomic E-state index is 12.5. The quantitative estimate of drug-likeness (QED) is 0.868. The van der Waals surface area contributed by atoms with Crippen LogP contribution in [0.1, 0.15) is 37.8 Å². The van der Waals surface area contributed by atoms with Gasteiger partial charge in [0, 0.05) is 17.7 Å². The maximum Gasteiger partial charge on any atom is 0.178 e. The number of carbonyl (C=O) groups excluding carboxylic acids is 2. The van der Waals surface area contributed by atoms with Crippen molar-refractivity contribution >= 4 is 11.6 Å². The molecule has 0 aliphatic heterocycles. The van der Waals surface area contributed by atoms with Crippen molar-refractivity contribution < 1.29 is 14.7 Å². The van der Waals surface area contributed by atoms with Crippen molar-refractivity contribution in [3.63, 3.8) is 0 Å². The Bertz CT molecular complexity index is 653. The minimum absolute atomic E-state index is 0.000930. The van der Waals surface area contributed by atoms with Gasteiger partial charge >= 0.3 is 0 Å². The van der Waals surface area contributed by atoms with Gasteiger partial charge in [-0.05, 0) is 17.5 Å². The van der Waals surface area contributed by atoms with Crippen molar-refractivity contribution in [3.8, 4) is 0 Å². The molecule has 0 spiro atoms. The van der Waals surface area contributed by atoms with Crippen LogP contribution in [0.5, 0.6) is 0 Å². The number of benzene rings is 2. The first-order valence-electron chi connectivity index (χ1n) is 6.60.